The zero-order chi connectivity index (χ0) is 14.0. The van der Waals surface area contributed by atoms with Crippen molar-refractivity contribution in [2.75, 3.05) is 0 Å². The Hall–Kier alpha value is -0.360. The maximum Gasteiger partial charge on any atom is 0.138 e. The summed E-state index contributed by atoms with van der Waals surface area (Å²) in [5.41, 5.74) is 1.69. The first-order valence-electron chi connectivity index (χ1n) is 6.54. The minimum atomic E-state index is -0.193. The Morgan fingerprint density at radius 1 is 1.42 bits per heavy atom. The van der Waals surface area contributed by atoms with Crippen molar-refractivity contribution in [2.24, 2.45) is 0 Å². The first-order chi connectivity index (χ1) is 9.12. The van der Waals surface area contributed by atoms with Gasteiger partial charge in [-0.1, -0.05) is 20.3 Å². The second-order valence-corrected chi connectivity index (χ2v) is 6.07. The fourth-order valence-corrected chi connectivity index (χ4v) is 3.13. The summed E-state index contributed by atoms with van der Waals surface area (Å²) >= 11 is 8.00. The van der Waals surface area contributed by atoms with Crippen molar-refractivity contribution in [3.8, 4) is 0 Å². The summed E-state index contributed by atoms with van der Waals surface area (Å²) in [4.78, 5) is 4.54. The maximum absolute atomic E-state index is 13.8. The summed E-state index contributed by atoms with van der Waals surface area (Å²) in [5.74, 6) is 0.993. The van der Waals surface area contributed by atoms with E-state index in [1.54, 1.807) is 12.1 Å². The summed E-state index contributed by atoms with van der Waals surface area (Å²) in [6, 6.07) is 3.71. The minimum Gasteiger partial charge on any atom is -0.324 e. The van der Waals surface area contributed by atoms with Crippen molar-refractivity contribution in [1.29, 1.82) is 0 Å². The third-order valence-corrected chi connectivity index (χ3v) is 4.45. The van der Waals surface area contributed by atoms with Crippen molar-refractivity contribution >= 4 is 45.2 Å². The Bertz CT molecular complexity index is 582. The van der Waals surface area contributed by atoms with Crippen LogP contribution in [-0.4, -0.2) is 9.55 Å². The number of imidazole rings is 1. The Morgan fingerprint density at radius 3 is 2.74 bits per heavy atom. The monoisotopic (exact) mass is 394 g/mol. The van der Waals surface area contributed by atoms with Gasteiger partial charge in [-0.3, -0.25) is 0 Å². The molecule has 0 aliphatic heterocycles. The van der Waals surface area contributed by atoms with Crippen LogP contribution in [0.4, 0.5) is 4.39 Å². The van der Waals surface area contributed by atoms with E-state index >= 15 is 0 Å². The van der Waals surface area contributed by atoms with E-state index in [1.807, 2.05) is 22.6 Å². The predicted molar refractivity (Wildman–Crippen MR) is 86.2 cm³/mol. The molecular weight excluding hydrogens is 378 g/mol. The molecule has 2 rings (SSSR count). The van der Waals surface area contributed by atoms with Crippen LogP contribution in [0, 0.1) is 9.39 Å². The molecular formula is C14H17ClFIN2. The predicted octanol–water partition coefficient (Wildman–Crippen LogP) is 5.27. The molecule has 0 N–H and O–H groups in total. The van der Waals surface area contributed by atoms with Gasteiger partial charge < -0.3 is 4.57 Å². The summed E-state index contributed by atoms with van der Waals surface area (Å²) in [7, 11) is 0. The molecule has 0 amide bonds. The number of hydrogen-bond acceptors (Lipinski definition) is 1. The molecule has 0 fully saturated rings. The van der Waals surface area contributed by atoms with E-state index in [0.29, 0.717) is 15.5 Å². The molecule has 19 heavy (non-hydrogen) atoms. The molecule has 0 saturated heterocycles. The van der Waals surface area contributed by atoms with Gasteiger partial charge in [-0.2, -0.15) is 0 Å². The molecule has 0 aliphatic carbocycles. The van der Waals surface area contributed by atoms with Crippen LogP contribution in [0.5, 0.6) is 0 Å². The molecule has 0 radical (unpaired) electrons. The molecule has 104 valence electrons. The zero-order valence-corrected chi connectivity index (χ0v) is 14.0. The van der Waals surface area contributed by atoms with Gasteiger partial charge in [0.2, 0.25) is 0 Å². The Kier molecular flexibility index (Phi) is 5.06. The number of benzene rings is 1. The van der Waals surface area contributed by atoms with Gasteiger partial charge in [-0.15, -0.1) is 11.6 Å². The van der Waals surface area contributed by atoms with Gasteiger partial charge in [0.05, 0.1) is 20.5 Å². The average molecular weight is 395 g/mol. The van der Waals surface area contributed by atoms with E-state index in [0.717, 1.165) is 36.1 Å². The lowest BCUT2D eigenvalue weighted by molar-refractivity contribution is 0.448. The van der Waals surface area contributed by atoms with Crippen LogP contribution in [-0.2, 0) is 5.88 Å². The highest BCUT2D eigenvalue weighted by atomic mass is 127. The standard InChI is InChI=1S/C14H17ClFIN2/c1-3-5-9(4-2)19-13-6-10(16)11(17)7-12(13)18-14(19)8-15/h6-7,9H,3-5,8H2,1-2H3. The SMILES string of the molecule is CCCC(CC)n1c(CCl)nc2cc(I)c(F)cc21. The van der Waals surface area contributed by atoms with Gasteiger partial charge in [-0.05, 0) is 41.5 Å². The highest BCUT2D eigenvalue weighted by molar-refractivity contribution is 14.1. The van der Waals surface area contributed by atoms with Crippen LogP contribution in [0.25, 0.3) is 11.0 Å². The fourth-order valence-electron chi connectivity index (χ4n) is 2.49. The third kappa shape index (κ3) is 2.89. The van der Waals surface area contributed by atoms with Gasteiger partial charge in [0.25, 0.3) is 0 Å². The number of aromatic nitrogens is 2. The van der Waals surface area contributed by atoms with E-state index in [-0.39, 0.29) is 5.82 Å². The van der Waals surface area contributed by atoms with Gasteiger partial charge in [0.1, 0.15) is 11.6 Å². The maximum atomic E-state index is 13.8. The molecule has 2 nitrogen and oxygen atoms in total. The molecule has 1 unspecified atom stereocenters. The largest absolute Gasteiger partial charge is 0.324 e. The number of rotatable bonds is 5. The lowest BCUT2D eigenvalue weighted by atomic mass is 10.1. The van der Waals surface area contributed by atoms with Crippen LogP contribution < -0.4 is 0 Å². The Labute approximate surface area is 131 Å². The molecule has 0 spiro atoms. The number of nitrogens with zero attached hydrogens (tertiary/aromatic N) is 2. The first kappa shape index (κ1) is 15.0. The highest BCUT2D eigenvalue weighted by Crippen LogP contribution is 2.29. The number of halogens is 3. The molecule has 0 bridgehead atoms. The smallest absolute Gasteiger partial charge is 0.138 e. The van der Waals surface area contributed by atoms with Crippen molar-refractivity contribution in [1.82, 2.24) is 9.55 Å². The summed E-state index contributed by atoms with van der Waals surface area (Å²) in [5, 5.41) is 0. The number of hydrogen-bond donors (Lipinski definition) is 0. The van der Waals surface area contributed by atoms with Crippen molar-refractivity contribution in [3.05, 3.63) is 27.3 Å². The molecule has 0 saturated carbocycles. The normalized spacial score (nSPS) is 13.1. The lowest BCUT2D eigenvalue weighted by Gasteiger charge is -2.19. The van der Waals surface area contributed by atoms with Crippen LogP contribution >= 0.6 is 34.2 Å². The first-order valence-corrected chi connectivity index (χ1v) is 8.15. The quantitative estimate of drug-likeness (QED) is 0.499. The average Bonchev–Trinajstić information content (AvgIpc) is 2.74. The molecule has 1 heterocycles. The molecule has 2 aromatic rings. The van der Waals surface area contributed by atoms with Crippen LogP contribution in [0.3, 0.4) is 0 Å². The van der Waals surface area contributed by atoms with E-state index < -0.39 is 0 Å². The Balaban J connectivity index is 2.65. The lowest BCUT2D eigenvalue weighted by Crippen LogP contribution is -2.11. The van der Waals surface area contributed by atoms with Gasteiger partial charge in [0.15, 0.2) is 0 Å². The van der Waals surface area contributed by atoms with Crippen LogP contribution in [0.1, 0.15) is 45.0 Å². The van der Waals surface area contributed by atoms with E-state index in [2.05, 4.69) is 23.4 Å². The van der Waals surface area contributed by atoms with Crippen molar-refractivity contribution in [3.63, 3.8) is 0 Å². The van der Waals surface area contributed by atoms with Crippen LogP contribution in [0.15, 0.2) is 12.1 Å². The minimum absolute atomic E-state index is 0.193. The molecule has 1 aromatic carbocycles. The van der Waals surface area contributed by atoms with E-state index in [4.69, 9.17) is 11.6 Å². The molecule has 5 heteroatoms. The molecule has 1 aromatic heterocycles. The number of fused-ring (bicyclic) bond motifs is 1. The number of alkyl halides is 1. The van der Waals surface area contributed by atoms with Gasteiger partial charge >= 0.3 is 0 Å². The van der Waals surface area contributed by atoms with Crippen LogP contribution in [0.2, 0.25) is 0 Å². The molecule has 1 atom stereocenters. The zero-order valence-electron chi connectivity index (χ0n) is 11.1. The topological polar surface area (TPSA) is 17.8 Å². The fraction of sp³-hybridized carbons (Fsp3) is 0.500. The summed E-state index contributed by atoms with van der Waals surface area (Å²) in [6.07, 6.45) is 3.14. The second kappa shape index (κ2) is 6.39. The van der Waals surface area contributed by atoms with Gasteiger partial charge in [-0.25, -0.2) is 9.37 Å². The van der Waals surface area contributed by atoms with E-state index in [1.165, 1.54) is 0 Å². The summed E-state index contributed by atoms with van der Waals surface area (Å²) < 4.78 is 16.5. The summed E-state index contributed by atoms with van der Waals surface area (Å²) in [6.45, 7) is 4.30. The Morgan fingerprint density at radius 2 is 2.16 bits per heavy atom. The second-order valence-electron chi connectivity index (χ2n) is 4.64. The third-order valence-electron chi connectivity index (χ3n) is 3.38. The van der Waals surface area contributed by atoms with E-state index in [9.17, 15) is 4.39 Å². The van der Waals surface area contributed by atoms with Crippen molar-refractivity contribution in [2.45, 2.75) is 45.0 Å². The van der Waals surface area contributed by atoms with Gasteiger partial charge in [0, 0.05) is 12.1 Å². The highest BCUT2D eigenvalue weighted by Gasteiger charge is 2.18. The molecule has 0 aliphatic rings. The van der Waals surface area contributed by atoms with Crippen molar-refractivity contribution < 1.29 is 4.39 Å².